The third-order valence-corrected chi connectivity index (χ3v) is 2.17. The number of benzene rings is 1. The molecule has 0 aliphatic rings. The Morgan fingerprint density at radius 1 is 1.56 bits per heavy atom. The van der Waals surface area contributed by atoms with Crippen molar-refractivity contribution >= 4 is 11.7 Å². The van der Waals surface area contributed by atoms with Crippen LogP contribution in [0.3, 0.4) is 0 Å². The number of methoxy groups -OCH3 is 1. The summed E-state index contributed by atoms with van der Waals surface area (Å²) in [7, 11) is 1.22. The van der Waals surface area contributed by atoms with Crippen molar-refractivity contribution in [2.75, 3.05) is 13.7 Å². The number of hydrogen-bond acceptors (Lipinski definition) is 5. The molecule has 1 aromatic carbocycles. The lowest BCUT2D eigenvalue weighted by molar-refractivity contribution is -0.385. The quantitative estimate of drug-likeness (QED) is 0.334. The SMILES string of the molecule is C=CCc1ccc(OCC(=O)OC)c([N+](=O)[O-])c1. The van der Waals surface area contributed by atoms with Crippen molar-refractivity contribution in [1.82, 2.24) is 0 Å². The largest absolute Gasteiger partial charge is 0.475 e. The lowest BCUT2D eigenvalue weighted by atomic mass is 10.1. The van der Waals surface area contributed by atoms with E-state index in [1.54, 1.807) is 12.1 Å². The predicted molar refractivity (Wildman–Crippen MR) is 64.5 cm³/mol. The summed E-state index contributed by atoms with van der Waals surface area (Å²) in [6.07, 6.45) is 2.17. The van der Waals surface area contributed by atoms with Crippen LogP contribution in [0.5, 0.6) is 5.75 Å². The first kappa shape index (κ1) is 13.7. The summed E-state index contributed by atoms with van der Waals surface area (Å²) in [5.41, 5.74) is 0.570. The van der Waals surface area contributed by atoms with Gasteiger partial charge in [-0.3, -0.25) is 10.1 Å². The molecule has 96 valence electrons. The second kappa shape index (κ2) is 6.39. The van der Waals surface area contributed by atoms with E-state index in [1.807, 2.05) is 0 Å². The molecule has 0 bridgehead atoms. The molecule has 0 radical (unpaired) electrons. The van der Waals surface area contributed by atoms with Crippen molar-refractivity contribution in [3.8, 4) is 5.75 Å². The topological polar surface area (TPSA) is 78.7 Å². The fraction of sp³-hybridized carbons (Fsp3) is 0.250. The van der Waals surface area contributed by atoms with Gasteiger partial charge in [0, 0.05) is 6.07 Å². The van der Waals surface area contributed by atoms with Crippen molar-refractivity contribution in [2.45, 2.75) is 6.42 Å². The van der Waals surface area contributed by atoms with E-state index >= 15 is 0 Å². The van der Waals surface area contributed by atoms with E-state index in [-0.39, 0.29) is 18.0 Å². The second-order valence-corrected chi connectivity index (χ2v) is 3.42. The van der Waals surface area contributed by atoms with Crippen LogP contribution >= 0.6 is 0 Å². The van der Waals surface area contributed by atoms with Crippen molar-refractivity contribution in [3.63, 3.8) is 0 Å². The van der Waals surface area contributed by atoms with Gasteiger partial charge in [0.15, 0.2) is 12.4 Å². The Morgan fingerprint density at radius 2 is 2.28 bits per heavy atom. The Kier molecular flexibility index (Phi) is 4.86. The molecule has 1 rings (SSSR count). The maximum atomic E-state index is 10.9. The molecule has 0 N–H and O–H groups in total. The van der Waals surface area contributed by atoms with Crippen LogP contribution in [0.4, 0.5) is 5.69 Å². The molecule has 0 aromatic heterocycles. The third kappa shape index (κ3) is 3.58. The lowest BCUT2D eigenvalue weighted by Gasteiger charge is -2.06. The second-order valence-electron chi connectivity index (χ2n) is 3.42. The molecular weight excluding hydrogens is 238 g/mol. The number of rotatable bonds is 6. The molecule has 6 heteroatoms. The minimum Gasteiger partial charge on any atom is -0.475 e. The van der Waals surface area contributed by atoms with Gasteiger partial charge in [0.1, 0.15) is 0 Å². The van der Waals surface area contributed by atoms with Gasteiger partial charge in [-0.05, 0) is 18.1 Å². The number of nitro benzene ring substituents is 1. The average molecular weight is 251 g/mol. The fourth-order valence-corrected chi connectivity index (χ4v) is 1.32. The van der Waals surface area contributed by atoms with Crippen LogP contribution in [0, 0.1) is 10.1 Å². The summed E-state index contributed by atoms with van der Waals surface area (Å²) >= 11 is 0. The van der Waals surface area contributed by atoms with Gasteiger partial charge in [0.25, 0.3) is 0 Å². The Labute approximate surface area is 104 Å². The normalized spacial score (nSPS) is 9.61. The van der Waals surface area contributed by atoms with Crippen LogP contribution in [0.15, 0.2) is 30.9 Å². The molecule has 0 unspecified atom stereocenters. The van der Waals surface area contributed by atoms with Crippen LogP contribution < -0.4 is 4.74 Å². The molecule has 1 aromatic rings. The number of nitro groups is 1. The molecule has 0 atom stereocenters. The first-order valence-electron chi connectivity index (χ1n) is 5.16. The zero-order valence-corrected chi connectivity index (χ0v) is 9.92. The Bertz CT molecular complexity index is 470. The van der Waals surface area contributed by atoms with E-state index in [0.717, 1.165) is 5.56 Å². The number of carbonyl (C=O) groups is 1. The number of esters is 1. The smallest absolute Gasteiger partial charge is 0.343 e. The van der Waals surface area contributed by atoms with E-state index in [9.17, 15) is 14.9 Å². The maximum Gasteiger partial charge on any atom is 0.343 e. The van der Waals surface area contributed by atoms with Gasteiger partial charge in [-0.15, -0.1) is 6.58 Å². The zero-order valence-electron chi connectivity index (χ0n) is 9.92. The molecule has 0 fully saturated rings. The molecule has 0 saturated heterocycles. The van der Waals surface area contributed by atoms with Gasteiger partial charge in [-0.2, -0.15) is 0 Å². The van der Waals surface area contributed by atoms with Crippen LogP contribution in [-0.4, -0.2) is 24.6 Å². The summed E-state index contributed by atoms with van der Waals surface area (Å²) in [5, 5.41) is 10.9. The molecule has 0 aliphatic heterocycles. The highest BCUT2D eigenvalue weighted by molar-refractivity contribution is 5.71. The molecular formula is C12H13NO5. The Morgan fingerprint density at radius 3 is 2.83 bits per heavy atom. The summed E-state index contributed by atoms with van der Waals surface area (Å²) in [4.78, 5) is 21.2. The molecule has 0 saturated carbocycles. The summed E-state index contributed by atoms with van der Waals surface area (Å²) in [6.45, 7) is 3.20. The Hall–Kier alpha value is -2.37. The minimum absolute atomic E-state index is 0.0400. The first-order valence-corrected chi connectivity index (χ1v) is 5.16. The third-order valence-electron chi connectivity index (χ3n) is 2.17. The van der Waals surface area contributed by atoms with E-state index in [2.05, 4.69) is 11.3 Å². The maximum absolute atomic E-state index is 10.9. The van der Waals surface area contributed by atoms with Gasteiger partial charge in [0.05, 0.1) is 12.0 Å². The van der Waals surface area contributed by atoms with Gasteiger partial charge in [0.2, 0.25) is 0 Å². The fourth-order valence-electron chi connectivity index (χ4n) is 1.32. The number of allylic oxidation sites excluding steroid dienone is 1. The van der Waals surface area contributed by atoms with E-state index in [4.69, 9.17) is 4.74 Å². The summed E-state index contributed by atoms with van der Waals surface area (Å²) in [6, 6.07) is 4.54. The van der Waals surface area contributed by atoms with Crippen molar-refractivity contribution in [3.05, 3.63) is 46.5 Å². The monoisotopic (exact) mass is 251 g/mol. The van der Waals surface area contributed by atoms with Gasteiger partial charge in [-0.1, -0.05) is 12.1 Å². The predicted octanol–water partition coefficient (Wildman–Crippen LogP) is 1.88. The number of hydrogen-bond donors (Lipinski definition) is 0. The van der Waals surface area contributed by atoms with Gasteiger partial charge < -0.3 is 9.47 Å². The van der Waals surface area contributed by atoms with Crippen LogP contribution in [0.1, 0.15) is 5.56 Å². The number of carbonyl (C=O) groups excluding carboxylic acids is 1. The molecule has 0 spiro atoms. The zero-order chi connectivity index (χ0) is 13.5. The number of nitrogens with zero attached hydrogens (tertiary/aromatic N) is 1. The minimum atomic E-state index is -0.598. The molecule has 0 aliphatic carbocycles. The molecule has 6 nitrogen and oxygen atoms in total. The highest BCUT2D eigenvalue weighted by Crippen LogP contribution is 2.28. The van der Waals surface area contributed by atoms with Gasteiger partial charge in [-0.25, -0.2) is 4.79 Å². The molecule has 0 amide bonds. The van der Waals surface area contributed by atoms with Crippen molar-refractivity contribution in [1.29, 1.82) is 0 Å². The highest BCUT2D eigenvalue weighted by Gasteiger charge is 2.16. The average Bonchev–Trinajstić information content (AvgIpc) is 2.36. The molecule has 18 heavy (non-hydrogen) atoms. The molecule has 0 heterocycles. The van der Waals surface area contributed by atoms with Crippen LogP contribution in [-0.2, 0) is 16.0 Å². The van der Waals surface area contributed by atoms with Crippen LogP contribution in [0.2, 0.25) is 0 Å². The standard InChI is InChI=1S/C12H13NO5/c1-3-4-9-5-6-11(10(7-9)13(15)16)18-8-12(14)17-2/h3,5-7H,1,4,8H2,2H3. The first-order chi connectivity index (χ1) is 8.58. The number of ether oxygens (including phenoxy) is 2. The van der Waals surface area contributed by atoms with E-state index in [0.29, 0.717) is 6.42 Å². The van der Waals surface area contributed by atoms with Crippen LogP contribution in [0.25, 0.3) is 0 Å². The van der Waals surface area contributed by atoms with E-state index in [1.165, 1.54) is 19.2 Å². The summed E-state index contributed by atoms with van der Waals surface area (Å²) < 4.78 is 9.43. The van der Waals surface area contributed by atoms with Crippen molar-refractivity contribution < 1.29 is 19.2 Å². The van der Waals surface area contributed by atoms with Crippen molar-refractivity contribution in [2.24, 2.45) is 0 Å². The van der Waals surface area contributed by atoms with E-state index < -0.39 is 10.9 Å². The highest BCUT2D eigenvalue weighted by atomic mass is 16.6. The lowest BCUT2D eigenvalue weighted by Crippen LogP contribution is -2.13. The Balaban J connectivity index is 2.93. The van der Waals surface area contributed by atoms with Gasteiger partial charge >= 0.3 is 11.7 Å². The summed E-state index contributed by atoms with van der Waals surface area (Å²) in [5.74, 6) is -0.558.